The predicted octanol–water partition coefficient (Wildman–Crippen LogP) is 2.80. The van der Waals surface area contributed by atoms with E-state index in [1.807, 2.05) is 0 Å². The van der Waals surface area contributed by atoms with E-state index in [0.717, 1.165) is 28.0 Å². The van der Waals surface area contributed by atoms with Gasteiger partial charge in [0, 0.05) is 23.2 Å². The Labute approximate surface area is 201 Å². The molecule has 3 atom stereocenters. The third kappa shape index (κ3) is 3.64. The van der Waals surface area contributed by atoms with Crippen LogP contribution in [0.15, 0.2) is 58.6 Å². The summed E-state index contributed by atoms with van der Waals surface area (Å²) < 4.78 is 19.8. The van der Waals surface area contributed by atoms with E-state index in [-0.39, 0.29) is 23.7 Å². The van der Waals surface area contributed by atoms with Crippen molar-refractivity contribution in [3.8, 4) is 0 Å². The van der Waals surface area contributed by atoms with E-state index in [2.05, 4.69) is 4.98 Å². The Bertz CT molecular complexity index is 1340. The maximum Gasteiger partial charge on any atom is 0.326 e. The molecule has 8 nitrogen and oxygen atoms in total. The number of imide groups is 1. The van der Waals surface area contributed by atoms with E-state index < -0.39 is 40.7 Å². The molecule has 174 valence electrons. The lowest BCUT2D eigenvalue weighted by Gasteiger charge is -2.30. The number of pyridine rings is 1. The quantitative estimate of drug-likeness (QED) is 0.393. The minimum Gasteiger partial charge on any atom is -0.465 e. The molecular formula is C23H18FN3O5S2. The lowest BCUT2D eigenvalue weighted by Crippen LogP contribution is -2.32. The number of anilines is 1. The summed E-state index contributed by atoms with van der Waals surface area (Å²) in [6, 6.07) is 8.68. The second-order valence-electron chi connectivity index (χ2n) is 7.75. The van der Waals surface area contributed by atoms with Gasteiger partial charge in [0.1, 0.15) is 17.6 Å². The van der Waals surface area contributed by atoms with Crippen LogP contribution in [0.1, 0.15) is 23.3 Å². The van der Waals surface area contributed by atoms with Crippen LogP contribution in [0.3, 0.4) is 0 Å². The minimum absolute atomic E-state index is 0.176. The molecule has 2 aromatic heterocycles. The third-order valence-electron chi connectivity index (χ3n) is 5.77. The molecule has 2 aliphatic rings. The van der Waals surface area contributed by atoms with Crippen molar-refractivity contribution in [2.24, 2.45) is 5.92 Å². The molecule has 1 fully saturated rings. The average molecular weight is 500 g/mol. The van der Waals surface area contributed by atoms with Crippen molar-refractivity contribution < 1.29 is 23.5 Å². The van der Waals surface area contributed by atoms with Gasteiger partial charge < -0.3 is 4.74 Å². The van der Waals surface area contributed by atoms with Crippen molar-refractivity contribution in [1.82, 2.24) is 9.55 Å². The molecule has 11 heteroatoms. The fourth-order valence-electron chi connectivity index (χ4n) is 4.35. The third-order valence-corrected chi connectivity index (χ3v) is 8.37. The zero-order chi connectivity index (χ0) is 24.0. The number of aromatic nitrogens is 2. The summed E-state index contributed by atoms with van der Waals surface area (Å²) in [5.74, 6) is -3.30. The Kier molecular flexibility index (Phi) is 5.82. The largest absolute Gasteiger partial charge is 0.465 e. The van der Waals surface area contributed by atoms with Crippen LogP contribution in [0.2, 0.25) is 0 Å². The smallest absolute Gasteiger partial charge is 0.326 e. The van der Waals surface area contributed by atoms with Gasteiger partial charge in [0.2, 0.25) is 11.8 Å². The number of carbonyl (C=O) groups excluding carboxylic acids is 3. The summed E-state index contributed by atoms with van der Waals surface area (Å²) in [5, 5.41) is -0.349. The van der Waals surface area contributed by atoms with E-state index in [9.17, 15) is 23.6 Å². The number of halogens is 1. The molecule has 3 aromatic rings. The Morgan fingerprint density at radius 1 is 1.15 bits per heavy atom. The first-order valence-electron chi connectivity index (χ1n) is 10.5. The average Bonchev–Trinajstić information content (AvgIpc) is 3.27. The number of thiazole rings is 1. The zero-order valence-corrected chi connectivity index (χ0v) is 19.5. The van der Waals surface area contributed by atoms with Crippen molar-refractivity contribution >= 4 is 46.6 Å². The van der Waals surface area contributed by atoms with Gasteiger partial charge in [-0.1, -0.05) is 29.2 Å². The molecular weight excluding hydrogens is 481 g/mol. The summed E-state index contributed by atoms with van der Waals surface area (Å²) in [6.45, 7) is 1.57. The van der Waals surface area contributed by atoms with Gasteiger partial charge in [0.25, 0.3) is 0 Å². The summed E-state index contributed by atoms with van der Waals surface area (Å²) in [6.07, 6.45) is 3.21. The topological polar surface area (TPSA) is 98.6 Å². The highest BCUT2D eigenvalue weighted by Crippen LogP contribution is 2.53. The van der Waals surface area contributed by atoms with Crippen LogP contribution in [-0.2, 0) is 25.7 Å². The van der Waals surface area contributed by atoms with E-state index in [4.69, 9.17) is 4.74 Å². The molecule has 1 saturated heterocycles. The van der Waals surface area contributed by atoms with Crippen molar-refractivity contribution in [2.75, 3.05) is 11.5 Å². The van der Waals surface area contributed by atoms with E-state index in [0.29, 0.717) is 15.5 Å². The Morgan fingerprint density at radius 3 is 2.59 bits per heavy atom. The molecule has 0 aliphatic carbocycles. The number of carbonyl (C=O) groups is 3. The first-order chi connectivity index (χ1) is 16.4. The molecule has 2 unspecified atom stereocenters. The number of esters is 1. The lowest BCUT2D eigenvalue weighted by molar-refractivity contribution is -0.144. The minimum atomic E-state index is -0.822. The van der Waals surface area contributed by atoms with Crippen LogP contribution in [0, 0.1) is 11.7 Å². The Hall–Kier alpha value is -3.31. The van der Waals surface area contributed by atoms with Crippen LogP contribution in [-0.4, -0.2) is 39.2 Å². The van der Waals surface area contributed by atoms with Gasteiger partial charge in [-0.25, -0.2) is 9.29 Å². The number of rotatable bonds is 5. The van der Waals surface area contributed by atoms with Gasteiger partial charge in [-0.3, -0.25) is 28.7 Å². The number of hydrogen-bond acceptors (Lipinski definition) is 8. The van der Waals surface area contributed by atoms with Gasteiger partial charge in [0.05, 0.1) is 23.2 Å². The normalized spacial score (nSPS) is 21.4. The van der Waals surface area contributed by atoms with Crippen molar-refractivity contribution in [3.05, 3.63) is 74.7 Å². The Balaban J connectivity index is 1.63. The number of ether oxygens (including phenoxy) is 1. The SMILES string of the molecule is CCOC(=O)Cn1c2c(sc1=O)[C@H](c1cccnc1)C1C(=O)N(c3ccc(F)cc3)C(=O)C1S2. The second kappa shape index (κ2) is 8.80. The fraction of sp³-hybridized carbons (Fsp3) is 0.261. The van der Waals surface area contributed by atoms with Crippen LogP contribution in [0.5, 0.6) is 0 Å². The fourth-order valence-corrected chi connectivity index (χ4v) is 7.13. The van der Waals surface area contributed by atoms with Gasteiger partial charge in [-0.05, 0) is 42.8 Å². The summed E-state index contributed by atoms with van der Waals surface area (Å²) in [4.78, 5) is 57.6. The first-order valence-corrected chi connectivity index (χ1v) is 12.2. The molecule has 0 N–H and O–H groups in total. The number of nitrogens with zero attached hydrogens (tertiary/aromatic N) is 3. The molecule has 34 heavy (non-hydrogen) atoms. The highest BCUT2D eigenvalue weighted by molar-refractivity contribution is 8.00. The van der Waals surface area contributed by atoms with E-state index >= 15 is 0 Å². The molecule has 4 heterocycles. The highest BCUT2D eigenvalue weighted by atomic mass is 32.2. The van der Waals surface area contributed by atoms with E-state index in [1.54, 1.807) is 31.5 Å². The molecule has 0 radical (unpaired) electrons. The van der Waals surface area contributed by atoms with Crippen molar-refractivity contribution in [3.63, 3.8) is 0 Å². The molecule has 0 bridgehead atoms. The summed E-state index contributed by atoms with van der Waals surface area (Å²) in [7, 11) is 0. The molecule has 1 aromatic carbocycles. The standard InChI is InChI=1S/C23H18FN3O5S2/c1-2-32-15(28)11-26-22-19(34-23(26)31)16(12-4-3-9-25-10-12)17-18(33-22)21(30)27(20(17)29)14-7-5-13(24)6-8-14/h3-10,16-18H,2,11H2,1H3/t16-,17?,18?/m1/s1. The van der Waals surface area contributed by atoms with Crippen LogP contribution >= 0.6 is 23.1 Å². The zero-order valence-electron chi connectivity index (χ0n) is 17.8. The molecule has 0 spiro atoms. The monoisotopic (exact) mass is 499 g/mol. The van der Waals surface area contributed by atoms with Gasteiger partial charge in [0.15, 0.2) is 0 Å². The van der Waals surface area contributed by atoms with Crippen LogP contribution in [0.4, 0.5) is 10.1 Å². The number of benzene rings is 1. The van der Waals surface area contributed by atoms with Crippen molar-refractivity contribution in [2.45, 2.75) is 29.7 Å². The lowest BCUT2D eigenvalue weighted by atomic mass is 9.84. The van der Waals surface area contributed by atoms with Crippen molar-refractivity contribution in [1.29, 1.82) is 0 Å². The summed E-state index contributed by atoms with van der Waals surface area (Å²) >= 11 is 2.06. The maximum atomic E-state index is 13.6. The Morgan fingerprint density at radius 2 is 1.91 bits per heavy atom. The molecule has 0 saturated carbocycles. The predicted molar refractivity (Wildman–Crippen MR) is 123 cm³/mol. The molecule has 2 aliphatic heterocycles. The van der Waals surface area contributed by atoms with Crippen LogP contribution < -0.4 is 9.77 Å². The highest BCUT2D eigenvalue weighted by Gasteiger charge is 2.56. The molecule has 5 rings (SSSR count). The molecule has 2 amide bonds. The number of amides is 2. The maximum absolute atomic E-state index is 13.6. The number of fused-ring (bicyclic) bond motifs is 2. The second-order valence-corrected chi connectivity index (χ2v) is 9.87. The van der Waals surface area contributed by atoms with Gasteiger partial charge in [-0.2, -0.15) is 0 Å². The van der Waals surface area contributed by atoms with Gasteiger partial charge in [-0.15, -0.1) is 0 Å². The first kappa shape index (κ1) is 22.5. The number of hydrogen-bond donors (Lipinski definition) is 0. The van der Waals surface area contributed by atoms with E-state index in [1.165, 1.54) is 28.8 Å². The van der Waals surface area contributed by atoms with Crippen LogP contribution in [0.25, 0.3) is 0 Å². The van der Waals surface area contributed by atoms with Gasteiger partial charge >= 0.3 is 10.8 Å². The number of thioether (sulfide) groups is 1. The summed E-state index contributed by atoms with van der Waals surface area (Å²) in [5.41, 5.74) is 0.967.